The van der Waals surface area contributed by atoms with Gasteiger partial charge in [-0.25, -0.2) is 4.68 Å². The summed E-state index contributed by atoms with van der Waals surface area (Å²) in [6.07, 6.45) is 0. The van der Waals surface area contributed by atoms with Gasteiger partial charge >= 0.3 is 0 Å². The van der Waals surface area contributed by atoms with Gasteiger partial charge in [0.15, 0.2) is 0 Å². The average Bonchev–Trinajstić information content (AvgIpc) is 2.85. The topological polar surface area (TPSA) is 30.3 Å². The van der Waals surface area contributed by atoms with E-state index in [9.17, 15) is 0 Å². The zero-order valence-corrected chi connectivity index (χ0v) is 14.4. The van der Waals surface area contributed by atoms with Crippen LogP contribution in [0.1, 0.15) is 18.2 Å². The van der Waals surface area contributed by atoms with Crippen molar-refractivity contribution < 1.29 is 4.74 Å². The Balaban J connectivity index is 2.37. The number of aryl methyl sites for hydroxylation is 1. The van der Waals surface area contributed by atoms with Crippen LogP contribution in [0, 0.1) is 6.92 Å². The Hall–Kier alpha value is -1.33. The van der Waals surface area contributed by atoms with Gasteiger partial charge in [-0.2, -0.15) is 5.10 Å². The molecule has 1 heterocycles. The van der Waals surface area contributed by atoms with Crippen LogP contribution in [0.3, 0.4) is 0 Å². The molecule has 0 fully saturated rings. The summed E-state index contributed by atoms with van der Waals surface area (Å²) >= 11 is 3.58. The molecule has 4 nitrogen and oxygen atoms in total. The Kier molecular flexibility index (Phi) is 5.82. The summed E-state index contributed by atoms with van der Waals surface area (Å²) in [4.78, 5) is 2.21. The molecule has 2 rings (SSSR count). The zero-order valence-electron chi connectivity index (χ0n) is 12.8. The molecule has 0 amide bonds. The molecule has 21 heavy (non-hydrogen) atoms. The minimum atomic E-state index is 0.716. The second kappa shape index (κ2) is 7.61. The number of nitrogens with zero attached hydrogens (tertiary/aromatic N) is 3. The van der Waals surface area contributed by atoms with E-state index in [0.717, 1.165) is 35.7 Å². The van der Waals surface area contributed by atoms with Crippen molar-refractivity contribution in [3.63, 3.8) is 0 Å². The molecule has 114 valence electrons. The Morgan fingerprint density at radius 1 is 1.29 bits per heavy atom. The maximum Gasteiger partial charge on any atom is 0.136 e. The van der Waals surface area contributed by atoms with E-state index in [1.54, 1.807) is 0 Å². The molecule has 0 unspecified atom stereocenters. The summed E-state index contributed by atoms with van der Waals surface area (Å²) < 4.78 is 7.48. The fourth-order valence-electron chi connectivity index (χ4n) is 2.30. The van der Waals surface area contributed by atoms with Gasteiger partial charge < -0.3 is 9.64 Å². The van der Waals surface area contributed by atoms with E-state index in [2.05, 4.69) is 46.9 Å². The van der Waals surface area contributed by atoms with Gasteiger partial charge in [-0.3, -0.25) is 0 Å². The minimum Gasteiger partial charge on any atom is -0.380 e. The van der Waals surface area contributed by atoms with E-state index in [1.165, 1.54) is 5.56 Å². The first-order valence-corrected chi connectivity index (χ1v) is 8.30. The standard InChI is InChI=1S/C16H22BrN3O/c1-4-21-11-10-19(3)16-15(12-17)13(2)18-20(16)14-8-6-5-7-9-14/h5-9H,4,10-12H2,1-3H3. The third kappa shape index (κ3) is 3.66. The number of likely N-dealkylation sites (N-methyl/N-ethyl adjacent to an activating group) is 1. The van der Waals surface area contributed by atoms with Gasteiger partial charge in [0.2, 0.25) is 0 Å². The van der Waals surface area contributed by atoms with Crippen LogP contribution in [0.2, 0.25) is 0 Å². The molecule has 0 saturated heterocycles. The van der Waals surface area contributed by atoms with E-state index in [-0.39, 0.29) is 0 Å². The highest BCUT2D eigenvalue weighted by atomic mass is 79.9. The fraction of sp³-hybridized carbons (Fsp3) is 0.438. The first-order valence-electron chi connectivity index (χ1n) is 7.17. The number of benzene rings is 1. The molecule has 0 atom stereocenters. The van der Waals surface area contributed by atoms with Crippen molar-refractivity contribution in [2.75, 3.05) is 31.7 Å². The molecule has 0 aliphatic carbocycles. The molecule has 0 aliphatic heterocycles. The summed E-state index contributed by atoms with van der Waals surface area (Å²) in [7, 11) is 2.08. The predicted molar refractivity (Wildman–Crippen MR) is 90.7 cm³/mol. The molecule has 0 radical (unpaired) electrons. The van der Waals surface area contributed by atoms with Crippen molar-refractivity contribution >= 4 is 21.7 Å². The van der Waals surface area contributed by atoms with Crippen molar-refractivity contribution in [2.45, 2.75) is 19.2 Å². The van der Waals surface area contributed by atoms with E-state index in [1.807, 2.05) is 29.8 Å². The number of alkyl halides is 1. The van der Waals surface area contributed by atoms with Gasteiger partial charge in [-0.1, -0.05) is 34.1 Å². The van der Waals surface area contributed by atoms with Gasteiger partial charge in [0.05, 0.1) is 18.0 Å². The van der Waals surface area contributed by atoms with Crippen LogP contribution in [0.15, 0.2) is 30.3 Å². The molecule has 0 bridgehead atoms. The van der Waals surface area contributed by atoms with Gasteiger partial charge in [-0.05, 0) is 26.0 Å². The summed E-state index contributed by atoms with van der Waals surface area (Å²) in [6.45, 7) is 6.37. The SMILES string of the molecule is CCOCCN(C)c1c(CBr)c(C)nn1-c1ccccc1. The van der Waals surface area contributed by atoms with Crippen LogP contribution in [-0.4, -0.2) is 36.6 Å². The quantitative estimate of drug-likeness (QED) is 0.564. The second-order valence-electron chi connectivity index (χ2n) is 4.89. The maximum absolute atomic E-state index is 5.47. The predicted octanol–water partition coefficient (Wildman–Crippen LogP) is 3.55. The lowest BCUT2D eigenvalue weighted by Crippen LogP contribution is -2.26. The van der Waals surface area contributed by atoms with Crippen molar-refractivity contribution in [3.8, 4) is 5.69 Å². The first kappa shape index (κ1) is 16.0. The lowest BCUT2D eigenvalue weighted by molar-refractivity contribution is 0.154. The molecule has 1 aromatic carbocycles. The summed E-state index contributed by atoms with van der Waals surface area (Å²) in [5.74, 6) is 1.12. The molecule has 0 aliphatic rings. The fourth-order valence-corrected chi connectivity index (χ4v) is 2.95. The maximum atomic E-state index is 5.47. The first-order chi connectivity index (χ1) is 10.2. The molecule has 5 heteroatoms. The molecular formula is C16H22BrN3O. The van der Waals surface area contributed by atoms with Crippen molar-refractivity contribution in [1.29, 1.82) is 0 Å². The van der Waals surface area contributed by atoms with Gasteiger partial charge in [0, 0.05) is 31.1 Å². The van der Waals surface area contributed by atoms with Crippen molar-refractivity contribution in [1.82, 2.24) is 9.78 Å². The second-order valence-corrected chi connectivity index (χ2v) is 5.45. The molecular weight excluding hydrogens is 330 g/mol. The van der Waals surface area contributed by atoms with Crippen molar-refractivity contribution in [3.05, 3.63) is 41.6 Å². The number of rotatable bonds is 7. The summed E-state index contributed by atoms with van der Waals surface area (Å²) in [5, 5.41) is 5.50. The molecule has 2 aromatic rings. The Morgan fingerprint density at radius 2 is 2.00 bits per heavy atom. The van der Waals surface area contributed by atoms with E-state index < -0.39 is 0 Å². The van der Waals surface area contributed by atoms with Crippen LogP contribution in [0.5, 0.6) is 0 Å². The molecule has 0 saturated carbocycles. The Morgan fingerprint density at radius 3 is 2.62 bits per heavy atom. The smallest absolute Gasteiger partial charge is 0.136 e. The number of anilines is 1. The Labute approximate surface area is 134 Å². The highest BCUT2D eigenvalue weighted by Gasteiger charge is 2.18. The third-order valence-corrected chi connectivity index (χ3v) is 3.99. The Bertz CT molecular complexity index is 568. The highest BCUT2D eigenvalue weighted by molar-refractivity contribution is 9.08. The van der Waals surface area contributed by atoms with Gasteiger partial charge in [0.1, 0.15) is 5.82 Å². The normalized spacial score (nSPS) is 10.9. The average molecular weight is 352 g/mol. The number of halogens is 1. The number of ether oxygens (including phenoxy) is 1. The molecule has 0 spiro atoms. The largest absolute Gasteiger partial charge is 0.380 e. The zero-order chi connectivity index (χ0) is 15.2. The van der Waals surface area contributed by atoms with Crippen LogP contribution in [-0.2, 0) is 10.1 Å². The van der Waals surface area contributed by atoms with E-state index in [4.69, 9.17) is 9.84 Å². The number of hydrogen-bond donors (Lipinski definition) is 0. The van der Waals surface area contributed by atoms with Gasteiger partial charge in [-0.15, -0.1) is 0 Å². The van der Waals surface area contributed by atoms with E-state index >= 15 is 0 Å². The summed E-state index contributed by atoms with van der Waals surface area (Å²) in [5.41, 5.74) is 3.35. The molecule has 1 aromatic heterocycles. The van der Waals surface area contributed by atoms with Crippen LogP contribution in [0.25, 0.3) is 5.69 Å². The number of hydrogen-bond acceptors (Lipinski definition) is 3. The highest BCUT2D eigenvalue weighted by Crippen LogP contribution is 2.28. The lowest BCUT2D eigenvalue weighted by Gasteiger charge is -2.21. The molecule has 0 N–H and O–H groups in total. The van der Waals surface area contributed by atoms with Crippen LogP contribution < -0.4 is 4.90 Å². The minimum absolute atomic E-state index is 0.716. The van der Waals surface area contributed by atoms with Gasteiger partial charge in [0.25, 0.3) is 0 Å². The van der Waals surface area contributed by atoms with Crippen molar-refractivity contribution in [2.24, 2.45) is 0 Å². The van der Waals surface area contributed by atoms with Crippen LogP contribution in [0.4, 0.5) is 5.82 Å². The number of para-hydroxylation sites is 1. The number of aromatic nitrogens is 2. The summed E-state index contributed by atoms with van der Waals surface area (Å²) in [6, 6.07) is 10.2. The third-order valence-electron chi connectivity index (χ3n) is 3.43. The van der Waals surface area contributed by atoms with Crippen LogP contribution >= 0.6 is 15.9 Å². The monoisotopic (exact) mass is 351 g/mol. The van der Waals surface area contributed by atoms with E-state index in [0.29, 0.717) is 6.61 Å². The lowest BCUT2D eigenvalue weighted by atomic mass is 10.2.